The van der Waals surface area contributed by atoms with Crippen molar-refractivity contribution >= 4 is 47.1 Å². The Morgan fingerprint density at radius 3 is 2.05 bits per heavy atom. The maximum Gasteiger partial charge on any atom is 0.317 e. The molecule has 1 N–H and O–H groups in total. The molecule has 1 aromatic carbocycles. The molecule has 6 atom stereocenters. The van der Waals surface area contributed by atoms with E-state index in [1.54, 1.807) is 45.9 Å². The second kappa shape index (κ2) is 12.2. The zero-order valence-corrected chi connectivity index (χ0v) is 23.3. The van der Waals surface area contributed by atoms with E-state index in [1.165, 1.54) is 6.92 Å². The molecule has 0 heterocycles. The predicted octanol–water partition coefficient (Wildman–Crippen LogP) is 3.52. The number of hydrogen-bond donors (Lipinski definition) is 1. The number of benzene rings is 1. The van der Waals surface area contributed by atoms with E-state index in [2.05, 4.69) is 0 Å². The van der Waals surface area contributed by atoms with Crippen LogP contribution in [0.5, 0.6) is 0 Å². The predicted molar refractivity (Wildman–Crippen MR) is 133 cm³/mol. The summed E-state index contributed by atoms with van der Waals surface area (Å²) in [6.45, 7) is 6.86. The Kier molecular flexibility index (Phi) is 9.67. The number of fused-ring (bicyclic) bond motifs is 1. The molecule has 0 aliphatic heterocycles. The van der Waals surface area contributed by atoms with Gasteiger partial charge in [0.05, 0.1) is 45.9 Å². The Balaban J connectivity index is 1.73. The quantitative estimate of drug-likeness (QED) is 0.309. The van der Waals surface area contributed by atoms with Crippen molar-refractivity contribution < 1.29 is 48.0 Å². The van der Waals surface area contributed by atoms with Crippen LogP contribution < -0.4 is 0 Å². The van der Waals surface area contributed by atoms with E-state index in [-0.39, 0.29) is 6.61 Å². The first-order valence-electron chi connectivity index (χ1n) is 12.2. The molecule has 2 aliphatic rings. The van der Waals surface area contributed by atoms with Gasteiger partial charge in [-0.3, -0.25) is 19.2 Å². The molecule has 2 aliphatic carbocycles. The Morgan fingerprint density at radius 2 is 1.50 bits per heavy atom. The van der Waals surface area contributed by atoms with Crippen molar-refractivity contribution in [2.45, 2.75) is 53.4 Å². The number of hydrogen-bond acceptors (Lipinski definition) is 10. The van der Waals surface area contributed by atoms with Crippen molar-refractivity contribution in [2.75, 3.05) is 13.6 Å². The number of rotatable bonds is 11. The molecule has 1 aromatic rings. The smallest absolute Gasteiger partial charge is 0.317 e. The van der Waals surface area contributed by atoms with E-state index in [0.717, 1.165) is 0 Å². The van der Waals surface area contributed by atoms with E-state index in [1.807, 2.05) is 0 Å². The lowest BCUT2D eigenvalue weighted by Crippen LogP contribution is -2.48. The first kappa shape index (κ1) is 30.1. The molecule has 0 radical (unpaired) electrons. The van der Waals surface area contributed by atoms with Gasteiger partial charge in [0.25, 0.3) is 0 Å². The number of aliphatic hydroxyl groups excluding tert-OH is 1. The summed E-state index contributed by atoms with van der Waals surface area (Å²) < 4.78 is 26.2. The van der Waals surface area contributed by atoms with Gasteiger partial charge in [-0.1, -0.05) is 57.0 Å². The molecule has 0 saturated heterocycles. The number of carbonyl (C=O) groups excluding carboxylic acids is 4. The van der Waals surface area contributed by atoms with Crippen LogP contribution in [0.3, 0.4) is 0 Å². The summed E-state index contributed by atoms with van der Waals surface area (Å²) in [5.41, 5.74) is -0.834. The van der Waals surface area contributed by atoms with E-state index < -0.39 is 84.7 Å². The molecule has 38 heavy (non-hydrogen) atoms. The highest BCUT2D eigenvalue weighted by atomic mass is 35.5. The Morgan fingerprint density at radius 1 is 0.921 bits per heavy atom. The lowest BCUT2D eigenvalue weighted by Gasteiger charge is -2.34. The fourth-order valence-electron chi connectivity index (χ4n) is 4.79. The van der Waals surface area contributed by atoms with Gasteiger partial charge in [0.2, 0.25) is 13.6 Å². The third-order valence-corrected chi connectivity index (χ3v) is 7.66. The maximum absolute atomic E-state index is 13.3. The van der Waals surface area contributed by atoms with E-state index in [0.29, 0.717) is 15.6 Å². The van der Waals surface area contributed by atoms with Gasteiger partial charge >= 0.3 is 23.9 Å². The minimum absolute atomic E-state index is 0.0104. The molecule has 210 valence electrons. The minimum Gasteiger partial charge on any atom is -0.428 e. The highest BCUT2D eigenvalue weighted by Gasteiger charge is 2.78. The van der Waals surface area contributed by atoms with E-state index >= 15 is 0 Å². The van der Waals surface area contributed by atoms with Gasteiger partial charge in [-0.2, -0.15) is 0 Å². The number of halogens is 2. The first-order valence-corrected chi connectivity index (χ1v) is 13.0. The van der Waals surface area contributed by atoms with Crippen LogP contribution in [0, 0.1) is 35.0 Å². The van der Waals surface area contributed by atoms with E-state index in [9.17, 15) is 24.3 Å². The fourth-order valence-corrected chi connectivity index (χ4v) is 5.11. The van der Waals surface area contributed by atoms with Crippen LogP contribution >= 0.6 is 23.2 Å². The highest BCUT2D eigenvalue weighted by Crippen LogP contribution is 2.67. The van der Waals surface area contributed by atoms with Gasteiger partial charge in [-0.25, -0.2) is 0 Å². The monoisotopic (exact) mass is 574 g/mol. The summed E-state index contributed by atoms with van der Waals surface area (Å²) in [5.74, 6) is -5.61. The fraction of sp³-hybridized carbons (Fsp3) is 0.615. The molecule has 12 heteroatoms. The van der Waals surface area contributed by atoms with Gasteiger partial charge in [0, 0.05) is 5.92 Å². The van der Waals surface area contributed by atoms with Crippen LogP contribution in [-0.4, -0.2) is 54.8 Å². The zero-order chi connectivity index (χ0) is 28.4. The van der Waals surface area contributed by atoms with Crippen molar-refractivity contribution in [3.63, 3.8) is 0 Å². The Bertz CT molecular complexity index is 1070. The van der Waals surface area contributed by atoms with Gasteiger partial charge < -0.3 is 28.8 Å². The average molecular weight is 575 g/mol. The molecular weight excluding hydrogens is 543 g/mol. The topological polar surface area (TPSA) is 135 Å². The van der Waals surface area contributed by atoms with Gasteiger partial charge in [-0.05, 0) is 30.5 Å². The van der Waals surface area contributed by atoms with Crippen LogP contribution in [0.25, 0.3) is 0 Å². The average Bonchev–Trinajstić information content (AvgIpc) is 3.57. The molecule has 0 amide bonds. The molecular formula is C26H32Cl2O10. The molecule has 3 unspecified atom stereocenters. The minimum atomic E-state index is -1.48. The second-order valence-corrected chi connectivity index (χ2v) is 11.1. The van der Waals surface area contributed by atoms with Crippen molar-refractivity contribution in [3.05, 3.63) is 33.8 Å². The standard InChI is InChI=1S/C26H32Cl2O10/c1-12(2)22(30)35-10-37-24(32)18-17-19(18)26(5,25(33)38-11-36-23(31)13(3)4)21(20(17)29)34-9-14-6-7-15(27)16(28)8-14/h6-8,12-13,17-21,29H,9-11H2,1-5H3/t17?,18?,19-,20-,21?,26-/m0/s1. The van der Waals surface area contributed by atoms with Crippen molar-refractivity contribution in [1.29, 1.82) is 0 Å². The van der Waals surface area contributed by atoms with Crippen LogP contribution in [0.1, 0.15) is 40.2 Å². The lowest BCUT2D eigenvalue weighted by molar-refractivity contribution is -0.188. The molecule has 10 nitrogen and oxygen atoms in total. The van der Waals surface area contributed by atoms with Crippen LogP contribution in [-0.2, 0) is 49.5 Å². The molecule has 0 aromatic heterocycles. The summed E-state index contributed by atoms with van der Waals surface area (Å²) in [4.78, 5) is 49.4. The normalized spacial score (nSPS) is 27.6. The molecule has 0 spiro atoms. The van der Waals surface area contributed by atoms with Crippen molar-refractivity contribution in [1.82, 2.24) is 0 Å². The molecule has 2 saturated carbocycles. The summed E-state index contributed by atoms with van der Waals surface area (Å²) >= 11 is 12.0. The first-order chi connectivity index (χ1) is 17.8. The summed E-state index contributed by atoms with van der Waals surface area (Å²) in [7, 11) is 0. The zero-order valence-electron chi connectivity index (χ0n) is 21.8. The largest absolute Gasteiger partial charge is 0.428 e. The van der Waals surface area contributed by atoms with Gasteiger partial charge in [-0.15, -0.1) is 0 Å². The Hall–Kier alpha value is -2.40. The maximum atomic E-state index is 13.3. The third-order valence-electron chi connectivity index (χ3n) is 6.93. The summed E-state index contributed by atoms with van der Waals surface area (Å²) in [6.07, 6.45) is -2.27. The van der Waals surface area contributed by atoms with E-state index in [4.69, 9.17) is 46.9 Å². The van der Waals surface area contributed by atoms with Crippen molar-refractivity contribution in [3.8, 4) is 0 Å². The lowest BCUT2D eigenvalue weighted by atomic mass is 9.79. The summed E-state index contributed by atoms with van der Waals surface area (Å²) in [5, 5.41) is 11.8. The molecule has 0 bridgehead atoms. The van der Waals surface area contributed by atoms with Gasteiger partial charge in [0.1, 0.15) is 6.10 Å². The van der Waals surface area contributed by atoms with Crippen LogP contribution in [0.2, 0.25) is 10.0 Å². The Labute approximate surface area is 230 Å². The molecule has 3 rings (SSSR count). The number of carbonyl (C=O) groups is 4. The number of aliphatic hydroxyl groups is 1. The second-order valence-electron chi connectivity index (χ2n) is 10.2. The molecule has 2 fully saturated rings. The van der Waals surface area contributed by atoms with Gasteiger partial charge in [0.15, 0.2) is 0 Å². The highest BCUT2D eigenvalue weighted by molar-refractivity contribution is 6.42. The summed E-state index contributed by atoms with van der Waals surface area (Å²) in [6, 6.07) is 4.89. The SMILES string of the molecule is CC(C)C(=O)OCOC(=O)C1C2[C@H](O)C(OCc3ccc(Cl)c(Cl)c3)[C@@](C)(C(=O)OCOC(=O)C(C)C)[C@H]12. The van der Waals surface area contributed by atoms with Crippen LogP contribution in [0.15, 0.2) is 18.2 Å². The number of ether oxygens (including phenoxy) is 5. The van der Waals surface area contributed by atoms with Crippen LogP contribution in [0.4, 0.5) is 0 Å². The van der Waals surface area contributed by atoms with Crippen molar-refractivity contribution in [2.24, 2.45) is 35.0 Å². The number of esters is 4. The third kappa shape index (κ3) is 6.25.